The van der Waals surface area contributed by atoms with Crippen LogP contribution in [-0.2, 0) is 9.47 Å². The molecule has 1 fully saturated rings. The second-order valence-electron chi connectivity index (χ2n) is 5.36. The van der Waals surface area contributed by atoms with Gasteiger partial charge in [0.1, 0.15) is 0 Å². The van der Waals surface area contributed by atoms with E-state index in [1.54, 1.807) is 0 Å². The summed E-state index contributed by atoms with van der Waals surface area (Å²) in [5.74, 6) is 0.723. The fourth-order valence-electron chi connectivity index (χ4n) is 1.87. The van der Waals surface area contributed by atoms with Gasteiger partial charge in [-0.3, -0.25) is 4.90 Å². The number of ether oxygens (including phenoxy) is 2. The van der Waals surface area contributed by atoms with E-state index < -0.39 is 0 Å². The van der Waals surface area contributed by atoms with Gasteiger partial charge in [-0.15, -0.1) is 0 Å². The molecular formula is C13H28N2O2. The van der Waals surface area contributed by atoms with E-state index in [1.165, 1.54) is 0 Å². The summed E-state index contributed by atoms with van der Waals surface area (Å²) >= 11 is 0. The molecule has 0 aliphatic carbocycles. The van der Waals surface area contributed by atoms with Gasteiger partial charge in [-0.2, -0.15) is 0 Å². The molecule has 0 amide bonds. The predicted octanol–water partition coefficient (Wildman–Crippen LogP) is 1.10. The molecule has 0 aromatic heterocycles. The van der Waals surface area contributed by atoms with Crippen LogP contribution in [0.5, 0.6) is 0 Å². The zero-order chi connectivity index (χ0) is 12.7. The van der Waals surface area contributed by atoms with Crippen LogP contribution in [0.4, 0.5) is 0 Å². The summed E-state index contributed by atoms with van der Waals surface area (Å²) in [6.07, 6.45) is 1.32. The summed E-state index contributed by atoms with van der Waals surface area (Å²) in [6, 6.07) is 0.111. The van der Waals surface area contributed by atoms with Gasteiger partial charge in [-0.05, 0) is 19.3 Å². The Kier molecular flexibility index (Phi) is 7.04. The van der Waals surface area contributed by atoms with Crippen LogP contribution in [0.15, 0.2) is 0 Å². The van der Waals surface area contributed by atoms with Crippen LogP contribution < -0.4 is 5.73 Å². The minimum absolute atomic E-state index is 0.111. The van der Waals surface area contributed by atoms with Crippen LogP contribution in [0, 0.1) is 5.92 Å². The molecule has 4 heteroatoms. The lowest BCUT2D eigenvalue weighted by atomic mass is 10.1. The largest absolute Gasteiger partial charge is 0.380 e. The van der Waals surface area contributed by atoms with Crippen LogP contribution in [0.3, 0.4) is 0 Å². The molecule has 2 N–H and O–H groups in total. The molecule has 2 atom stereocenters. The molecule has 0 aromatic carbocycles. The van der Waals surface area contributed by atoms with Crippen LogP contribution in [0.25, 0.3) is 0 Å². The molecule has 0 aromatic rings. The van der Waals surface area contributed by atoms with Gasteiger partial charge in [-0.25, -0.2) is 0 Å². The van der Waals surface area contributed by atoms with E-state index in [2.05, 4.69) is 18.7 Å². The van der Waals surface area contributed by atoms with Crippen molar-refractivity contribution in [3.05, 3.63) is 0 Å². The molecule has 2 unspecified atom stereocenters. The molecule has 0 spiro atoms. The summed E-state index contributed by atoms with van der Waals surface area (Å²) in [5.41, 5.74) is 5.86. The first-order valence-electron chi connectivity index (χ1n) is 6.77. The molecule has 102 valence electrons. The maximum Gasteiger partial charge on any atom is 0.0850 e. The monoisotopic (exact) mass is 244 g/mol. The Hall–Kier alpha value is -0.160. The summed E-state index contributed by atoms with van der Waals surface area (Å²) in [4.78, 5) is 2.38. The van der Waals surface area contributed by atoms with Crippen molar-refractivity contribution in [2.45, 2.75) is 39.3 Å². The Morgan fingerprint density at radius 2 is 2.12 bits per heavy atom. The maximum atomic E-state index is 5.86. The molecule has 4 nitrogen and oxygen atoms in total. The molecule has 0 bridgehead atoms. The van der Waals surface area contributed by atoms with Gasteiger partial charge >= 0.3 is 0 Å². The van der Waals surface area contributed by atoms with E-state index in [9.17, 15) is 0 Å². The molecule has 0 radical (unpaired) electrons. The van der Waals surface area contributed by atoms with Gasteiger partial charge < -0.3 is 15.2 Å². The molecule has 1 saturated heterocycles. The molecule has 0 saturated carbocycles. The van der Waals surface area contributed by atoms with Crippen molar-refractivity contribution in [3.63, 3.8) is 0 Å². The first-order valence-corrected chi connectivity index (χ1v) is 6.77. The molecule has 1 heterocycles. The van der Waals surface area contributed by atoms with E-state index in [0.717, 1.165) is 51.8 Å². The van der Waals surface area contributed by atoms with Crippen molar-refractivity contribution in [1.29, 1.82) is 0 Å². The normalized spacial score (nSPS) is 24.2. The van der Waals surface area contributed by atoms with Crippen LogP contribution >= 0.6 is 0 Å². The topological polar surface area (TPSA) is 47.7 Å². The van der Waals surface area contributed by atoms with Gasteiger partial charge in [0.25, 0.3) is 0 Å². The minimum Gasteiger partial charge on any atom is -0.380 e. The van der Waals surface area contributed by atoms with E-state index in [1.807, 2.05) is 6.92 Å². The second-order valence-corrected chi connectivity index (χ2v) is 5.36. The highest BCUT2D eigenvalue weighted by Crippen LogP contribution is 2.07. The van der Waals surface area contributed by atoms with Gasteiger partial charge in [0, 0.05) is 32.3 Å². The quantitative estimate of drug-likeness (QED) is 0.681. The highest BCUT2D eigenvalue weighted by molar-refractivity contribution is 4.77. The Bertz CT molecular complexity index is 198. The third kappa shape index (κ3) is 6.36. The minimum atomic E-state index is 0.111. The molecule has 1 aliphatic rings. The predicted molar refractivity (Wildman–Crippen MR) is 70.1 cm³/mol. The number of hydrogen-bond donors (Lipinski definition) is 1. The number of rotatable bonds is 7. The van der Waals surface area contributed by atoms with Gasteiger partial charge in [0.05, 0.1) is 19.3 Å². The van der Waals surface area contributed by atoms with E-state index in [0.29, 0.717) is 0 Å². The Morgan fingerprint density at radius 1 is 1.35 bits per heavy atom. The maximum absolute atomic E-state index is 5.86. The Morgan fingerprint density at radius 3 is 2.76 bits per heavy atom. The summed E-state index contributed by atoms with van der Waals surface area (Å²) < 4.78 is 11.3. The number of nitrogens with two attached hydrogens (primary N) is 1. The first kappa shape index (κ1) is 14.9. The lowest BCUT2D eigenvalue weighted by molar-refractivity contribution is -0.0447. The van der Waals surface area contributed by atoms with Crippen molar-refractivity contribution < 1.29 is 9.47 Å². The average Bonchev–Trinajstić information content (AvgIpc) is 2.28. The van der Waals surface area contributed by atoms with E-state index in [-0.39, 0.29) is 12.1 Å². The number of nitrogens with zero attached hydrogens (tertiary/aromatic N) is 1. The van der Waals surface area contributed by atoms with Crippen LogP contribution in [0.2, 0.25) is 0 Å². The van der Waals surface area contributed by atoms with Gasteiger partial charge in [0.2, 0.25) is 0 Å². The smallest absolute Gasteiger partial charge is 0.0850 e. The van der Waals surface area contributed by atoms with Crippen molar-refractivity contribution in [2.24, 2.45) is 11.7 Å². The summed E-state index contributed by atoms with van der Waals surface area (Å²) in [5, 5.41) is 0. The number of hydrogen-bond acceptors (Lipinski definition) is 4. The fraction of sp³-hybridized carbons (Fsp3) is 1.00. The second kappa shape index (κ2) is 8.03. The van der Waals surface area contributed by atoms with E-state index in [4.69, 9.17) is 15.2 Å². The molecule has 1 rings (SSSR count). The average molecular weight is 244 g/mol. The third-order valence-corrected chi connectivity index (χ3v) is 3.16. The highest BCUT2D eigenvalue weighted by Gasteiger charge is 2.22. The SMILES string of the molecule is CC(C)CCOCCN1CCOC(C(C)N)C1. The van der Waals surface area contributed by atoms with Crippen molar-refractivity contribution in [2.75, 3.05) is 39.5 Å². The van der Waals surface area contributed by atoms with Crippen LogP contribution in [-0.4, -0.2) is 56.5 Å². The third-order valence-electron chi connectivity index (χ3n) is 3.16. The molecular weight excluding hydrogens is 216 g/mol. The lowest BCUT2D eigenvalue weighted by Gasteiger charge is -2.34. The zero-order valence-electron chi connectivity index (χ0n) is 11.5. The van der Waals surface area contributed by atoms with Crippen molar-refractivity contribution in [3.8, 4) is 0 Å². The number of morpholine rings is 1. The van der Waals surface area contributed by atoms with Crippen molar-refractivity contribution in [1.82, 2.24) is 4.90 Å². The van der Waals surface area contributed by atoms with Gasteiger partial charge in [-0.1, -0.05) is 13.8 Å². The Balaban J connectivity index is 2.06. The molecule has 17 heavy (non-hydrogen) atoms. The zero-order valence-corrected chi connectivity index (χ0v) is 11.5. The standard InChI is InChI=1S/C13H28N2O2/c1-11(2)4-7-16-8-5-15-6-9-17-13(10-15)12(3)14/h11-13H,4-10,14H2,1-3H3. The van der Waals surface area contributed by atoms with Crippen molar-refractivity contribution >= 4 is 0 Å². The summed E-state index contributed by atoms with van der Waals surface area (Å²) in [7, 11) is 0. The first-order chi connectivity index (χ1) is 8.09. The lowest BCUT2D eigenvalue weighted by Crippen LogP contribution is -2.50. The molecule has 1 aliphatic heterocycles. The Labute approximate surface area is 105 Å². The highest BCUT2D eigenvalue weighted by atomic mass is 16.5. The van der Waals surface area contributed by atoms with Gasteiger partial charge in [0.15, 0.2) is 0 Å². The fourth-order valence-corrected chi connectivity index (χ4v) is 1.87. The summed E-state index contributed by atoms with van der Waals surface area (Å²) in [6.45, 7) is 11.9. The van der Waals surface area contributed by atoms with Crippen LogP contribution in [0.1, 0.15) is 27.2 Å². The van der Waals surface area contributed by atoms with E-state index >= 15 is 0 Å².